The molecular formula is C19H23N3O3S. The minimum absolute atomic E-state index is 0.0895. The maximum Gasteiger partial charge on any atom is 0.223 e. The Labute approximate surface area is 156 Å². The van der Waals surface area contributed by atoms with Crippen molar-refractivity contribution in [2.45, 2.75) is 51.4 Å². The van der Waals surface area contributed by atoms with Crippen LogP contribution in [0.5, 0.6) is 5.75 Å². The summed E-state index contributed by atoms with van der Waals surface area (Å²) in [7, 11) is 0. The maximum atomic E-state index is 12.4. The molecule has 2 N–H and O–H groups in total. The molecule has 0 bridgehead atoms. The van der Waals surface area contributed by atoms with E-state index < -0.39 is 17.7 Å². The molecule has 0 aliphatic carbocycles. The molecule has 4 rings (SSSR count). The Morgan fingerprint density at radius 3 is 2.88 bits per heavy atom. The van der Waals surface area contributed by atoms with E-state index in [2.05, 4.69) is 10.3 Å². The quantitative estimate of drug-likeness (QED) is 0.863. The number of hydrogen-bond donors (Lipinski definition) is 2. The van der Waals surface area contributed by atoms with E-state index in [9.17, 15) is 9.90 Å². The number of thiazole rings is 1. The summed E-state index contributed by atoms with van der Waals surface area (Å²) in [4.78, 5) is 18.6. The standard InChI is InChI=1S/C19H23N3O3S/c1-11-10-26-18(20-11)21-12-6-7-14-13(9-12)16(17(24)19(2,3)25-14)22-8-4-5-15(22)23/h6-7,9-10,16-17,24H,4-5,8H2,1-3H3,(H,20,21)/t16?,17-/m0/s1. The Morgan fingerprint density at radius 2 is 2.23 bits per heavy atom. The van der Waals surface area contributed by atoms with Crippen molar-refractivity contribution < 1.29 is 14.6 Å². The fourth-order valence-electron chi connectivity index (χ4n) is 3.68. The number of aryl methyl sites for hydroxylation is 1. The van der Waals surface area contributed by atoms with Crippen molar-refractivity contribution in [2.24, 2.45) is 0 Å². The summed E-state index contributed by atoms with van der Waals surface area (Å²) in [6, 6.07) is 5.40. The fourth-order valence-corrected chi connectivity index (χ4v) is 4.39. The number of benzene rings is 1. The van der Waals surface area contributed by atoms with Crippen LogP contribution in [-0.2, 0) is 4.79 Å². The highest BCUT2D eigenvalue weighted by Crippen LogP contribution is 2.45. The third-order valence-electron chi connectivity index (χ3n) is 5.03. The first-order valence-corrected chi connectivity index (χ1v) is 9.73. The van der Waals surface area contributed by atoms with Gasteiger partial charge in [0.05, 0.1) is 11.7 Å². The molecule has 2 aliphatic heterocycles. The lowest BCUT2D eigenvalue weighted by molar-refractivity contribution is -0.139. The molecule has 0 saturated carbocycles. The fraction of sp³-hybridized carbons (Fsp3) is 0.474. The number of nitrogens with zero attached hydrogens (tertiary/aromatic N) is 2. The van der Waals surface area contributed by atoms with Gasteiger partial charge in [0.1, 0.15) is 17.5 Å². The van der Waals surface area contributed by atoms with Gasteiger partial charge in [-0.3, -0.25) is 4.79 Å². The van der Waals surface area contributed by atoms with Gasteiger partial charge in [0.2, 0.25) is 5.91 Å². The van der Waals surface area contributed by atoms with Crippen LogP contribution in [0.25, 0.3) is 0 Å². The Kier molecular flexibility index (Phi) is 4.16. The number of amides is 1. The van der Waals surface area contributed by atoms with Gasteiger partial charge in [-0.25, -0.2) is 4.98 Å². The molecule has 0 spiro atoms. The second-order valence-corrected chi connectivity index (χ2v) is 8.32. The highest BCUT2D eigenvalue weighted by atomic mass is 32.1. The molecule has 7 heteroatoms. The van der Waals surface area contributed by atoms with Gasteiger partial charge < -0.3 is 20.1 Å². The molecule has 1 saturated heterocycles. The van der Waals surface area contributed by atoms with E-state index in [-0.39, 0.29) is 5.91 Å². The SMILES string of the molecule is Cc1csc(Nc2ccc3c(c2)C(N2CCCC2=O)[C@H](O)C(C)(C)O3)n1. The van der Waals surface area contributed by atoms with Crippen LogP contribution in [-0.4, -0.2) is 39.1 Å². The second-order valence-electron chi connectivity index (χ2n) is 7.46. The summed E-state index contributed by atoms with van der Waals surface area (Å²) in [5.41, 5.74) is 1.91. The molecular weight excluding hydrogens is 350 g/mol. The molecule has 6 nitrogen and oxygen atoms in total. The van der Waals surface area contributed by atoms with Crippen LogP contribution in [0.15, 0.2) is 23.6 Å². The Morgan fingerprint density at radius 1 is 1.42 bits per heavy atom. The zero-order valence-corrected chi connectivity index (χ0v) is 16.0. The first-order valence-electron chi connectivity index (χ1n) is 8.85. The van der Waals surface area contributed by atoms with E-state index in [0.717, 1.165) is 28.5 Å². The van der Waals surface area contributed by atoms with Crippen LogP contribution in [0, 0.1) is 6.92 Å². The van der Waals surface area contributed by atoms with Crippen LogP contribution in [0.2, 0.25) is 0 Å². The number of ether oxygens (including phenoxy) is 1. The molecule has 1 aromatic heterocycles. The largest absolute Gasteiger partial charge is 0.485 e. The molecule has 2 aromatic rings. The summed E-state index contributed by atoms with van der Waals surface area (Å²) in [5.74, 6) is 0.803. The minimum Gasteiger partial charge on any atom is -0.485 e. The third kappa shape index (κ3) is 2.95. The highest BCUT2D eigenvalue weighted by molar-refractivity contribution is 7.13. The average molecular weight is 373 g/mol. The van der Waals surface area contributed by atoms with Crippen LogP contribution in [0.3, 0.4) is 0 Å². The van der Waals surface area contributed by atoms with Crippen molar-refractivity contribution in [3.8, 4) is 5.75 Å². The normalized spacial score (nSPS) is 24.3. The molecule has 0 radical (unpaired) electrons. The number of carbonyl (C=O) groups excluding carboxylic acids is 1. The molecule has 1 amide bonds. The van der Waals surface area contributed by atoms with Crippen molar-refractivity contribution in [1.82, 2.24) is 9.88 Å². The number of fused-ring (bicyclic) bond motifs is 1. The molecule has 3 heterocycles. The molecule has 1 unspecified atom stereocenters. The van der Waals surface area contributed by atoms with E-state index >= 15 is 0 Å². The van der Waals surface area contributed by atoms with Crippen LogP contribution in [0.1, 0.15) is 44.0 Å². The summed E-state index contributed by atoms with van der Waals surface area (Å²) in [6.45, 7) is 6.34. The number of carbonyl (C=O) groups is 1. The van der Waals surface area contributed by atoms with Crippen molar-refractivity contribution >= 4 is 28.1 Å². The average Bonchev–Trinajstić information content (AvgIpc) is 3.18. The Balaban J connectivity index is 1.73. The summed E-state index contributed by atoms with van der Waals surface area (Å²) < 4.78 is 6.04. The minimum atomic E-state index is -0.797. The monoisotopic (exact) mass is 373 g/mol. The number of aliphatic hydroxyl groups excluding tert-OH is 1. The zero-order valence-electron chi connectivity index (χ0n) is 15.2. The van der Waals surface area contributed by atoms with Gasteiger partial charge in [0.15, 0.2) is 5.13 Å². The van der Waals surface area contributed by atoms with E-state index in [4.69, 9.17) is 4.74 Å². The number of rotatable bonds is 3. The predicted molar refractivity (Wildman–Crippen MR) is 101 cm³/mol. The number of anilines is 2. The summed E-state index contributed by atoms with van der Waals surface area (Å²) >= 11 is 1.54. The number of aromatic nitrogens is 1. The van der Waals surface area contributed by atoms with E-state index in [1.165, 1.54) is 0 Å². The number of likely N-dealkylation sites (tertiary alicyclic amines) is 1. The lowest BCUT2D eigenvalue weighted by atomic mass is 9.85. The lowest BCUT2D eigenvalue weighted by Crippen LogP contribution is -2.53. The van der Waals surface area contributed by atoms with Gasteiger partial charge in [0.25, 0.3) is 0 Å². The van der Waals surface area contributed by atoms with Gasteiger partial charge in [-0.2, -0.15) is 0 Å². The van der Waals surface area contributed by atoms with Gasteiger partial charge in [-0.05, 0) is 45.4 Å². The van der Waals surface area contributed by atoms with Gasteiger partial charge in [-0.1, -0.05) is 0 Å². The lowest BCUT2D eigenvalue weighted by Gasteiger charge is -2.45. The maximum absolute atomic E-state index is 12.4. The summed E-state index contributed by atoms with van der Waals surface area (Å²) in [6.07, 6.45) is 0.569. The molecule has 2 atom stereocenters. The van der Waals surface area contributed by atoms with Gasteiger partial charge >= 0.3 is 0 Å². The van der Waals surface area contributed by atoms with Crippen molar-refractivity contribution in [2.75, 3.05) is 11.9 Å². The second kappa shape index (κ2) is 6.25. The van der Waals surface area contributed by atoms with Gasteiger partial charge in [-0.15, -0.1) is 11.3 Å². The Hall–Kier alpha value is -2.12. The third-order valence-corrected chi connectivity index (χ3v) is 5.90. The number of nitrogens with one attached hydrogen (secondary N) is 1. The number of hydrogen-bond acceptors (Lipinski definition) is 6. The number of aliphatic hydroxyl groups is 1. The smallest absolute Gasteiger partial charge is 0.223 e. The first kappa shape index (κ1) is 17.3. The molecule has 2 aliphatic rings. The van der Waals surface area contributed by atoms with Crippen LogP contribution >= 0.6 is 11.3 Å². The predicted octanol–water partition coefficient (Wildman–Crippen LogP) is 3.39. The van der Waals surface area contributed by atoms with E-state index in [1.54, 1.807) is 16.2 Å². The van der Waals surface area contributed by atoms with Crippen LogP contribution in [0.4, 0.5) is 10.8 Å². The highest BCUT2D eigenvalue weighted by Gasteiger charge is 2.47. The van der Waals surface area contributed by atoms with Crippen molar-refractivity contribution in [3.63, 3.8) is 0 Å². The first-order chi connectivity index (χ1) is 12.3. The van der Waals surface area contributed by atoms with Gasteiger partial charge in [0, 0.05) is 29.6 Å². The summed E-state index contributed by atoms with van der Waals surface area (Å²) in [5, 5.41) is 17.1. The van der Waals surface area contributed by atoms with Crippen molar-refractivity contribution in [1.29, 1.82) is 0 Å². The topological polar surface area (TPSA) is 74.7 Å². The molecule has 1 aromatic carbocycles. The molecule has 26 heavy (non-hydrogen) atoms. The van der Waals surface area contributed by atoms with E-state index in [0.29, 0.717) is 18.7 Å². The molecule has 138 valence electrons. The van der Waals surface area contributed by atoms with Crippen molar-refractivity contribution in [3.05, 3.63) is 34.8 Å². The van der Waals surface area contributed by atoms with Crippen LogP contribution < -0.4 is 10.1 Å². The Bertz CT molecular complexity index is 848. The van der Waals surface area contributed by atoms with E-state index in [1.807, 2.05) is 44.4 Å². The molecule has 1 fully saturated rings. The zero-order chi connectivity index (χ0) is 18.5.